The molecule has 0 amide bonds. The maximum Gasteiger partial charge on any atom is 0.349 e. The van der Waals surface area contributed by atoms with Crippen LogP contribution in [0.25, 0.3) is 0 Å². The zero-order valence-corrected chi connectivity index (χ0v) is 13.7. The molecule has 0 saturated carbocycles. The van der Waals surface area contributed by atoms with Crippen LogP contribution in [-0.4, -0.2) is 18.4 Å². The second kappa shape index (κ2) is 6.13. The molecule has 120 valence electrons. The third kappa shape index (κ3) is 3.42. The zero-order chi connectivity index (χ0) is 16.4. The molecule has 0 fully saturated rings. The van der Waals surface area contributed by atoms with Gasteiger partial charge in [0.15, 0.2) is 0 Å². The molecule has 0 aromatic heterocycles. The van der Waals surface area contributed by atoms with Crippen molar-refractivity contribution in [3.8, 4) is 11.5 Å². The third-order valence-corrected chi connectivity index (χ3v) is 3.84. The maximum atomic E-state index is 12.2. The molecule has 3 rings (SSSR count). The van der Waals surface area contributed by atoms with Gasteiger partial charge in [-0.3, -0.25) is 0 Å². The first-order valence-electron chi connectivity index (χ1n) is 7.38. The van der Waals surface area contributed by atoms with Gasteiger partial charge in [0.05, 0.1) is 6.61 Å². The topological polar surface area (TPSA) is 44.8 Å². The smallest absolute Gasteiger partial charge is 0.349 e. The summed E-state index contributed by atoms with van der Waals surface area (Å²) in [5.41, 5.74) is 1.32. The SMILES string of the molecule is CC1(C)OC(=O)c2c(OCCc3ccccc3Cl)cccc2O1. The summed E-state index contributed by atoms with van der Waals surface area (Å²) in [4.78, 5) is 12.2. The molecular weight excluding hydrogens is 316 g/mol. The molecule has 23 heavy (non-hydrogen) atoms. The van der Waals surface area contributed by atoms with Crippen LogP contribution in [0.4, 0.5) is 0 Å². The lowest BCUT2D eigenvalue weighted by molar-refractivity contribution is -0.127. The van der Waals surface area contributed by atoms with Crippen molar-refractivity contribution in [1.82, 2.24) is 0 Å². The molecule has 4 nitrogen and oxygen atoms in total. The Morgan fingerprint density at radius 2 is 1.87 bits per heavy atom. The van der Waals surface area contributed by atoms with Crippen molar-refractivity contribution < 1.29 is 19.0 Å². The quantitative estimate of drug-likeness (QED) is 0.785. The third-order valence-electron chi connectivity index (χ3n) is 3.47. The van der Waals surface area contributed by atoms with Crippen molar-refractivity contribution in [3.05, 3.63) is 58.6 Å². The van der Waals surface area contributed by atoms with Crippen LogP contribution in [0.3, 0.4) is 0 Å². The minimum absolute atomic E-state index is 0.325. The van der Waals surface area contributed by atoms with E-state index in [0.717, 1.165) is 5.56 Å². The highest BCUT2D eigenvalue weighted by molar-refractivity contribution is 6.31. The number of rotatable bonds is 4. The van der Waals surface area contributed by atoms with Gasteiger partial charge in [0.2, 0.25) is 5.79 Å². The second-order valence-corrected chi connectivity index (χ2v) is 6.12. The predicted octanol–water partition coefficient (Wildman–Crippen LogP) is 4.25. The number of carbonyl (C=O) groups is 1. The Morgan fingerprint density at radius 1 is 1.09 bits per heavy atom. The summed E-state index contributed by atoms with van der Waals surface area (Å²) in [7, 11) is 0. The summed E-state index contributed by atoms with van der Waals surface area (Å²) in [6.07, 6.45) is 0.644. The van der Waals surface area contributed by atoms with Gasteiger partial charge in [0, 0.05) is 25.3 Å². The first kappa shape index (κ1) is 15.7. The monoisotopic (exact) mass is 332 g/mol. The number of cyclic esters (lactones) is 1. The van der Waals surface area contributed by atoms with Gasteiger partial charge in [-0.25, -0.2) is 4.79 Å². The Kier molecular flexibility index (Phi) is 4.18. The van der Waals surface area contributed by atoms with Crippen LogP contribution in [0.15, 0.2) is 42.5 Å². The average molecular weight is 333 g/mol. The molecule has 0 saturated heterocycles. The molecule has 1 aliphatic heterocycles. The zero-order valence-electron chi connectivity index (χ0n) is 13.0. The van der Waals surface area contributed by atoms with E-state index in [9.17, 15) is 4.79 Å². The predicted molar refractivity (Wildman–Crippen MR) is 87.2 cm³/mol. The average Bonchev–Trinajstić information content (AvgIpc) is 2.47. The lowest BCUT2D eigenvalue weighted by Crippen LogP contribution is -2.39. The number of hydrogen-bond acceptors (Lipinski definition) is 4. The fourth-order valence-electron chi connectivity index (χ4n) is 2.45. The van der Waals surface area contributed by atoms with Gasteiger partial charge in [-0.1, -0.05) is 35.9 Å². The molecular formula is C18H17ClO4. The highest BCUT2D eigenvalue weighted by atomic mass is 35.5. The molecule has 5 heteroatoms. The van der Waals surface area contributed by atoms with Crippen molar-refractivity contribution >= 4 is 17.6 Å². The van der Waals surface area contributed by atoms with Gasteiger partial charge < -0.3 is 14.2 Å². The first-order valence-corrected chi connectivity index (χ1v) is 7.76. The van der Waals surface area contributed by atoms with E-state index >= 15 is 0 Å². The molecule has 0 radical (unpaired) electrons. The van der Waals surface area contributed by atoms with Crippen molar-refractivity contribution in [2.45, 2.75) is 26.1 Å². The fourth-order valence-corrected chi connectivity index (χ4v) is 2.68. The number of hydrogen-bond donors (Lipinski definition) is 0. The minimum atomic E-state index is -0.972. The number of esters is 1. The standard InChI is InChI=1S/C18H17ClO4/c1-18(2)22-15-9-5-8-14(16(15)17(20)23-18)21-11-10-12-6-3-4-7-13(12)19/h3-9H,10-11H2,1-2H3. The number of halogens is 1. The molecule has 0 N–H and O–H groups in total. The molecule has 0 unspecified atom stereocenters. The Hall–Kier alpha value is -2.20. The van der Waals surface area contributed by atoms with Crippen molar-refractivity contribution in [2.24, 2.45) is 0 Å². The Morgan fingerprint density at radius 3 is 2.65 bits per heavy atom. The summed E-state index contributed by atoms with van der Waals surface area (Å²) in [6, 6.07) is 12.9. The first-order chi connectivity index (χ1) is 11.0. The van der Waals surface area contributed by atoms with Gasteiger partial charge in [0.25, 0.3) is 0 Å². The molecule has 0 bridgehead atoms. The van der Waals surface area contributed by atoms with Crippen molar-refractivity contribution in [1.29, 1.82) is 0 Å². The normalized spacial score (nSPS) is 15.3. The number of carbonyl (C=O) groups excluding carboxylic acids is 1. The van der Waals surface area contributed by atoms with E-state index in [0.29, 0.717) is 35.1 Å². The van der Waals surface area contributed by atoms with Gasteiger partial charge >= 0.3 is 5.97 Å². The van der Waals surface area contributed by atoms with Crippen LogP contribution in [0.1, 0.15) is 29.8 Å². The van der Waals surface area contributed by atoms with Gasteiger partial charge in [0.1, 0.15) is 17.1 Å². The van der Waals surface area contributed by atoms with Crippen LogP contribution < -0.4 is 9.47 Å². The molecule has 0 aliphatic carbocycles. The Labute approximate surface area is 139 Å². The summed E-state index contributed by atoms with van der Waals surface area (Å²) >= 11 is 6.13. The van der Waals surface area contributed by atoms with E-state index in [1.807, 2.05) is 24.3 Å². The summed E-state index contributed by atoms with van der Waals surface area (Å²) < 4.78 is 16.7. The fraction of sp³-hybridized carbons (Fsp3) is 0.278. The largest absolute Gasteiger partial charge is 0.492 e. The Bertz CT molecular complexity index is 740. The van der Waals surface area contributed by atoms with Crippen LogP contribution in [-0.2, 0) is 11.2 Å². The lowest BCUT2D eigenvalue weighted by Gasteiger charge is -2.32. The molecule has 0 spiro atoms. The number of fused-ring (bicyclic) bond motifs is 1. The van der Waals surface area contributed by atoms with E-state index in [2.05, 4.69) is 0 Å². The minimum Gasteiger partial charge on any atom is -0.492 e. The lowest BCUT2D eigenvalue weighted by atomic mass is 10.1. The van der Waals surface area contributed by atoms with Gasteiger partial charge in [-0.2, -0.15) is 0 Å². The van der Waals surface area contributed by atoms with Crippen LogP contribution in [0.5, 0.6) is 11.5 Å². The van der Waals surface area contributed by atoms with Gasteiger partial charge in [-0.05, 0) is 23.8 Å². The second-order valence-electron chi connectivity index (χ2n) is 5.71. The molecule has 2 aromatic carbocycles. The summed E-state index contributed by atoms with van der Waals surface area (Å²) in [5.74, 6) is -0.485. The van der Waals surface area contributed by atoms with E-state index < -0.39 is 11.8 Å². The molecule has 2 aromatic rings. The highest BCUT2D eigenvalue weighted by Crippen LogP contribution is 2.36. The number of benzene rings is 2. The summed E-state index contributed by atoms with van der Waals surface area (Å²) in [6.45, 7) is 3.79. The van der Waals surface area contributed by atoms with Crippen LogP contribution in [0, 0.1) is 0 Å². The van der Waals surface area contributed by atoms with E-state index in [-0.39, 0.29) is 0 Å². The van der Waals surface area contributed by atoms with Crippen molar-refractivity contribution in [2.75, 3.05) is 6.61 Å². The maximum absolute atomic E-state index is 12.2. The van der Waals surface area contributed by atoms with Crippen LogP contribution in [0.2, 0.25) is 5.02 Å². The van der Waals surface area contributed by atoms with Gasteiger partial charge in [-0.15, -0.1) is 0 Å². The Balaban J connectivity index is 1.75. The van der Waals surface area contributed by atoms with Crippen LogP contribution >= 0.6 is 11.6 Å². The molecule has 1 heterocycles. The number of ether oxygens (including phenoxy) is 3. The molecule has 1 aliphatic rings. The van der Waals surface area contributed by atoms with Crippen molar-refractivity contribution in [3.63, 3.8) is 0 Å². The van der Waals surface area contributed by atoms with E-state index in [1.54, 1.807) is 32.0 Å². The van der Waals surface area contributed by atoms with E-state index in [4.69, 9.17) is 25.8 Å². The van der Waals surface area contributed by atoms with E-state index in [1.165, 1.54) is 0 Å². The molecule has 0 atom stereocenters. The highest BCUT2D eigenvalue weighted by Gasteiger charge is 2.36. The summed E-state index contributed by atoms with van der Waals surface area (Å²) in [5, 5.41) is 0.704.